The van der Waals surface area contributed by atoms with E-state index in [0.717, 1.165) is 16.9 Å². The number of hydrogen-bond donors (Lipinski definition) is 1. The van der Waals surface area contributed by atoms with E-state index in [0.29, 0.717) is 34.6 Å². The number of aromatic amines is 1. The minimum absolute atomic E-state index is 0.216. The Balaban J connectivity index is 1.78. The Bertz CT molecular complexity index is 1220. The van der Waals surface area contributed by atoms with Gasteiger partial charge in [0.2, 0.25) is 0 Å². The van der Waals surface area contributed by atoms with Gasteiger partial charge in [-0.1, -0.05) is 6.07 Å². The normalized spacial score (nSPS) is 11.3. The maximum atomic E-state index is 12.5. The fourth-order valence-corrected chi connectivity index (χ4v) is 3.35. The molecule has 7 heteroatoms. The molecular weight excluding hydrogens is 344 g/mol. The SMILES string of the molecule is COc1cc2nc(Cc3cn4cc(C)cc(C)c4n3)[nH]c(=O)c2cc1OC. The van der Waals surface area contributed by atoms with Gasteiger partial charge in [0.1, 0.15) is 11.5 Å². The second-order valence-electron chi connectivity index (χ2n) is 6.58. The molecule has 0 saturated carbocycles. The van der Waals surface area contributed by atoms with Gasteiger partial charge in [0.15, 0.2) is 11.5 Å². The number of H-pyrrole nitrogens is 1. The number of aromatic nitrogens is 4. The van der Waals surface area contributed by atoms with Crippen molar-refractivity contribution >= 4 is 16.6 Å². The molecule has 3 heterocycles. The Morgan fingerprint density at radius 3 is 2.52 bits per heavy atom. The standard InChI is InChI=1S/C20H20N4O3/c1-11-5-12(2)19-21-13(10-24(19)9-11)6-18-22-15-8-17(27-4)16(26-3)7-14(15)20(25)23-18/h5,7-10H,6H2,1-4H3,(H,22,23,25). The molecule has 138 valence electrons. The summed E-state index contributed by atoms with van der Waals surface area (Å²) < 4.78 is 12.6. The van der Waals surface area contributed by atoms with Crippen LogP contribution in [0.2, 0.25) is 0 Å². The zero-order chi connectivity index (χ0) is 19.1. The molecule has 0 bridgehead atoms. The lowest BCUT2D eigenvalue weighted by molar-refractivity contribution is 0.355. The highest BCUT2D eigenvalue weighted by molar-refractivity contribution is 5.81. The molecule has 0 unspecified atom stereocenters. The molecule has 0 saturated heterocycles. The molecule has 0 atom stereocenters. The monoisotopic (exact) mass is 364 g/mol. The minimum atomic E-state index is -0.216. The zero-order valence-corrected chi connectivity index (χ0v) is 15.7. The lowest BCUT2D eigenvalue weighted by Crippen LogP contribution is -2.12. The van der Waals surface area contributed by atoms with E-state index < -0.39 is 0 Å². The molecule has 27 heavy (non-hydrogen) atoms. The summed E-state index contributed by atoms with van der Waals surface area (Å²) in [6.45, 7) is 4.09. The van der Waals surface area contributed by atoms with Gasteiger partial charge in [-0.3, -0.25) is 4.79 Å². The number of hydrogen-bond acceptors (Lipinski definition) is 5. The van der Waals surface area contributed by atoms with Crippen molar-refractivity contribution in [3.8, 4) is 11.5 Å². The highest BCUT2D eigenvalue weighted by Crippen LogP contribution is 2.30. The van der Waals surface area contributed by atoms with Crippen LogP contribution in [0.15, 0.2) is 35.4 Å². The van der Waals surface area contributed by atoms with Gasteiger partial charge < -0.3 is 18.9 Å². The average molecular weight is 364 g/mol. The fraction of sp³-hybridized carbons (Fsp3) is 0.250. The van der Waals surface area contributed by atoms with Crippen molar-refractivity contribution in [2.45, 2.75) is 20.3 Å². The Morgan fingerprint density at radius 1 is 1.04 bits per heavy atom. The number of fused-ring (bicyclic) bond motifs is 2. The molecule has 7 nitrogen and oxygen atoms in total. The van der Waals surface area contributed by atoms with E-state index >= 15 is 0 Å². The number of nitrogens with zero attached hydrogens (tertiary/aromatic N) is 3. The molecule has 0 fully saturated rings. The van der Waals surface area contributed by atoms with Gasteiger partial charge in [0, 0.05) is 24.9 Å². The fourth-order valence-electron chi connectivity index (χ4n) is 3.35. The quantitative estimate of drug-likeness (QED) is 0.602. The van der Waals surface area contributed by atoms with Crippen LogP contribution < -0.4 is 15.0 Å². The van der Waals surface area contributed by atoms with Crippen LogP contribution in [0.25, 0.3) is 16.6 Å². The van der Waals surface area contributed by atoms with Crippen LogP contribution in [0.1, 0.15) is 22.6 Å². The number of ether oxygens (including phenoxy) is 2. The predicted octanol–water partition coefficient (Wildman–Crippen LogP) is 2.80. The van der Waals surface area contributed by atoms with E-state index in [9.17, 15) is 4.79 Å². The van der Waals surface area contributed by atoms with E-state index in [1.54, 1.807) is 19.2 Å². The largest absolute Gasteiger partial charge is 0.493 e. The first-order valence-corrected chi connectivity index (χ1v) is 8.58. The number of methoxy groups -OCH3 is 2. The molecule has 4 rings (SSSR count). The van der Waals surface area contributed by atoms with Crippen LogP contribution in [-0.4, -0.2) is 33.6 Å². The van der Waals surface area contributed by atoms with E-state index in [2.05, 4.69) is 27.9 Å². The van der Waals surface area contributed by atoms with Gasteiger partial charge >= 0.3 is 0 Å². The maximum Gasteiger partial charge on any atom is 0.258 e. The van der Waals surface area contributed by atoms with Crippen molar-refractivity contribution < 1.29 is 9.47 Å². The van der Waals surface area contributed by atoms with Crippen molar-refractivity contribution in [2.75, 3.05) is 14.2 Å². The number of pyridine rings is 1. The summed E-state index contributed by atoms with van der Waals surface area (Å²) in [6.07, 6.45) is 4.43. The van der Waals surface area contributed by atoms with Gasteiger partial charge in [-0.25, -0.2) is 9.97 Å². The van der Waals surface area contributed by atoms with Crippen LogP contribution in [0, 0.1) is 13.8 Å². The molecule has 1 aromatic carbocycles. The molecule has 0 amide bonds. The van der Waals surface area contributed by atoms with Gasteiger partial charge in [0.25, 0.3) is 5.56 Å². The van der Waals surface area contributed by atoms with Gasteiger partial charge in [-0.05, 0) is 31.0 Å². The third kappa shape index (κ3) is 3.01. The van der Waals surface area contributed by atoms with Gasteiger partial charge in [-0.2, -0.15) is 0 Å². The molecule has 4 aromatic rings. The van der Waals surface area contributed by atoms with Crippen molar-refractivity contribution in [1.29, 1.82) is 0 Å². The van der Waals surface area contributed by atoms with Gasteiger partial charge in [-0.15, -0.1) is 0 Å². The summed E-state index contributed by atoms with van der Waals surface area (Å²) in [5.41, 5.74) is 4.37. The smallest absolute Gasteiger partial charge is 0.258 e. The number of aryl methyl sites for hydroxylation is 2. The molecule has 1 N–H and O–H groups in total. The second-order valence-corrected chi connectivity index (χ2v) is 6.58. The highest BCUT2D eigenvalue weighted by atomic mass is 16.5. The van der Waals surface area contributed by atoms with Crippen molar-refractivity contribution in [1.82, 2.24) is 19.4 Å². The Morgan fingerprint density at radius 2 is 1.78 bits per heavy atom. The highest BCUT2D eigenvalue weighted by Gasteiger charge is 2.12. The minimum Gasteiger partial charge on any atom is -0.493 e. The maximum absolute atomic E-state index is 12.5. The first-order valence-electron chi connectivity index (χ1n) is 8.58. The Labute approximate surface area is 155 Å². The Kier molecular flexibility index (Phi) is 4.07. The van der Waals surface area contributed by atoms with Crippen LogP contribution in [-0.2, 0) is 6.42 Å². The van der Waals surface area contributed by atoms with Gasteiger partial charge in [0.05, 0.1) is 30.8 Å². The molecule has 0 radical (unpaired) electrons. The van der Waals surface area contributed by atoms with Crippen molar-refractivity contribution in [3.05, 3.63) is 63.6 Å². The molecular formula is C20H20N4O3. The number of rotatable bonds is 4. The van der Waals surface area contributed by atoms with E-state index in [1.165, 1.54) is 12.7 Å². The van der Waals surface area contributed by atoms with E-state index in [-0.39, 0.29) is 5.56 Å². The first kappa shape index (κ1) is 17.1. The lowest BCUT2D eigenvalue weighted by Gasteiger charge is -2.09. The summed E-state index contributed by atoms with van der Waals surface area (Å²) in [5.74, 6) is 1.58. The Hall–Kier alpha value is -3.35. The predicted molar refractivity (Wildman–Crippen MR) is 103 cm³/mol. The number of imidazole rings is 1. The summed E-state index contributed by atoms with van der Waals surface area (Å²) in [4.78, 5) is 24.6. The summed E-state index contributed by atoms with van der Waals surface area (Å²) in [7, 11) is 3.09. The first-order chi connectivity index (χ1) is 13.0. The van der Waals surface area contributed by atoms with E-state index in [4.69, 9.17) is 9.47 Å². The van der Waals surface area contributed by atoms with Crippen LogP contribution in [0.5, 0.6) is 11.5 Å². The summed E-state index contributed by atoms with van der Waals surface area (Å²) >= 11 is 0. The summed E-state index contributed by atoms with van der Waals surface area (Å²) in [5, 5.41) is 0.456. The number of nitrogens with one attached hydrogen (secondary N) is 1. The molecule has 0 spiro atoms. The topological polar surface area (TPSA) is 81.5 Å². The molecule has 0 aliphatic heterocycles. The molecule has 3 aromatic heterocycles. The summed E-state index contributed by atoms with van der Waals surface area (Å²) in [6, 6.07) is 5.45. The van der Waals surface area contributed by atoms with Crippen molar-refractivity contribution in [3.63, 3.8) is 0 Å². The zero-order valence-electron chi connectivity index (χ0n) is 15.7. The molecule has 0 aliphatic rings. The van der Waals surface area contributed by atoms with Crippen molar-refractivity contribution in [2.24, 2.45) is 0 Å². The lowest BCUT2D eigenvalue weighted by atomic mass is 10.2. The molecule has 0 aliphatic carbocycles. The van der Waals surface area contributed by atoms with Crippen LogP contribution >= 0.6 is 0 Å². The van der Waals surface area contributed by atoms with Crippen LogP contribution in [0.4, 0.5) is 0 Å². The second kappa shape index (κ2) is 6.42. The third-order valence-electron chi connectivity index (χ3n) is 4.53. The third-order valence-corrected chi connectivity index (χ3v) is 4.53. The average Bonchev–Trinajstić information content (AvgIpc) is 3.03. The van der Waals surface area contributed by atoms with Crippen LogP contribution in [0.3, 0.4) is 0 Å². The number of benzene rings is 1. The van der Waals surface area contributed by atoms with E-state index in [1.807, 2.05) is 23.7 Å².